The monoisotopic (exact) mass is 276 g/mol. The Morgan fingerprint density at radius 2 is 1.70 bits per heavy atom. The maximum Gasteiger partial charge on any atom is 0.317 e. The average Bonchev–Trinajstić information content (AvgIpc) is 2.41. The van der Waals surface area contributed by atoms with Gasteiger partial charge in [-0.05, 0) is 12.5 Å². The van der Waals surface area contributed by atoms with Crippen LogP contribution >= 0.6 is 0 Å². The fraction of sp³-hybridized carbons (Fsp3) is 0.467. The summed E-state index contributed by atoms with van der Waals surface area (Å²) in [4.78, 5) is 26.5. The molecular weight excluding hydrogens is 256 g/mol. The molecule has 1 aromatic carbocycles. The number of hydrogen-bond donors (Lipinski definition) is 1. The van der Waals surface area contributed by atoms with Crippen LogP contribution in [0.5, 0.6) is 0 Å². The van der Waals surface area contributed by atoms with E-state index in [4.69, 9.17) is 5.11 Å². The van der Waals surface area contributed by atoms with E-state index in [2.05, 4.69) is 0 Å². The number of aliphatic carboxylic acids is 1. The van der Waals surface area contributed by atoms with E-state index in [-0.39, 0.29) is 12.5 Å². The number of carbonyl (C=O) groups is 2. The third kappa shape index (κ3) is 4.06. The lowest BCUT2D eigenvalue weighted by Gasteiger charge is -2.33. The molecule has 0 spiro atoms. The summed E-state index contributed by atoms with van der Waals surface area (Å²) < 4.78 is 0. The Bertz CT molecular complexity index is 476. The maximum atomic E-state index is 12.2. The van der Waals surface area contributed by atoms with Gasteiger partial charge in [0.2, 0.25) is 5.91 Å². The highest BCUT2D eigenvalue weighted by Crippen LogP contribution is 2.08. The van der Waals surface area contributed by atoms with Gasteiger partial charge in [-0.25, -0.2) is 0 Å². The zero-order valence-electron chi connectivity index (χ0n) is 11.7. The van der Waals surface area contributed by atoms with Crippen molar-refractivity contribution in [1.29, 1.82) is 0 Å². The summed E-state index contributed by atoms with van der Waals surface area (Å²) in [5, 5.41) is 8.74. The smallest absolute Gasteiger partial charge is 0.317 e. The number of piperazine rings is 1. The molecule has 0 radical (unpaired) electrons. The second kappa shape index (κ2) is 6.52. The number of benzene rings is 1. The van der Waals surface area contributed by atoms with Crippen LogP contribution in [0.25, 0.3) is 0 Å². The molecule has 1 aliphatic rings. The normalized spacial score (nSPS) is 16.1. The molecular formula is C15H20N2O3. The summed E-state index contributed by atoms with van der Waals surface area (Å²) in [5.41, 5.74) is 2.21. The minimum absolute atomic E-state index is 0.0555. The highest BCUT2D eigenvalue weighted by Gasteiger charge is 2.22. The third-order valence-corrected chi connectivity index (χ3v) is 3.56. The number of amides is 1. The van der Waals surface area contributed by atoms with Crippen molar-refractivity contribution in [2.24, 2.45) is 0 Å². The molecule has 0 atom stereocenters. The van der Waals surface area contributed by atoms with Gasteiger partial charge in [-0.3, -0.25) is 14.5 Å². The molecule has 5 nitrogen and oxygen atoms in total. The Balaban J connectivity index is 1.82. The molecule has 0 aromatic heterocycles. The molecule has 1 saturated heterocycles. The van der Waals surface area contributed by atoms with E-state index in [1.54, 1.807) is 0 Å². The van der Waals surface area contributed by atoms with E-state index in [1.807, 2.05) is 41.0 Å². The third-order valence-electron chi connectivity index (χ3n) is 3.56. The van der Waals surface area contributed by atoms with E-state index < -0.39 is 5.97 Å². The van der Waals surface area contributed by atoms with Gasteiger partial charge in [0.05, 0.1) is 13.0 Å². The van der Waals surface area contributed by atoms with Crippen molar-refractivity contribution in [3.63, 3.8) is 0 Å². The molecule has 0 unspecified atom stereocenters. The summed E-state index contributed by atoms with van der Waals surface area (Å²) >= 11 is 0. The molecule has 1 amide bonds. The highest BCUT2D eigenvalue weighted by molar-refractivity contribution is 5.79. The van der Waals surface area contributed by atoms with Crippen molar-refractivity contribution in [3.05, 3.63) is 35.4 Å². The molecule has 108 valence electrons. The quantitative estimate of drug-likeness (QED) is 0.882. The Morgan fingerprint density at radius 1 is 1.10 bits per heavy atom. The zero-order chi connectivity index (χ0) is 14.5. The van der Waals surface area contributed by atoms with E-state index in [0.717, 1.165) is 5.56 Å². The van der Waals surface area contributed by atoms with E-state index in [0.29, 0.717) is 32.6 Å². The SMILES string of the molecule is Cc1ccc(CC(=O)N2CCN(CC(=O)O)CC2)cc1. The minimum Gasteiger partial charge on any atom is -0.480 e. The number of aryl methyl sites for hydroxylation is 1. The van der Waals surface area contributed by atoms with E-state index in [1.165, 1.54) is 5.56 Å². The summed E-state index contributed by atoms with van der Waals surface area (Å²) in [7, 11) is 0. The standard InChI is InChI=1S/C15H20N2O3/c1-12-2-4-13(5-3-12)10-14(18)17-8-6-16(7-9-17)11-15(19)20/h2-5H,6-11H2,1H3,(H,19,20). The van der Waals surface area contributed by atoms with Crippen LogP contribution in [0.15, 0.2) is 24.3 Å². The van der Waals surface area contributed by atoms with Crippen LogP contribution in [0.1, 0.15) is 11.1 Å². The minimum atomic E-state index is -0.815. The van der Waals surface area contributed by atoms with Crippen molar-refractivity contribution in [3.8, 4) is 0 Å². The lowest BCUT2D eigenvalue weighted by molar-refractivity contribution is -0.139. The second-order valence-corrected chi connectivity index (χ2v) is 5.21. The Hall–Kier alpha value is -1.88. The van der Waals surface area contributed by atoms with Gasteiger partial charge in [0, 0.05) is 26.2 Å². The number of nitrogens with zero attached hydrogens (tertiary/aromatic N) is 2. The van der Waals surface area contributed by atoms with Crippen molar-refractivity contribution < 1.29 is 14.7 Å². The Labute approximate surface area is 118 Å². The van der Waals surface area contributed by atoms with Gasteiger partial charge in [0.25, 0.3) is 0 Å². The fourth-order valence-corrected chi connectivity index (χ4v) is 2.34. The van der Waals surface area contributed by atoms with Gasteiger partial charge < -0.3 is 10.0 Å². The molecule has 1 heterocycles. The number of carbonyl (C=O) groups excluding carboxylic acids is 1. The summed E-state index contributed by atoms with van der Waals surface area (Å²) in [6.07, 6.45) is 0.416. The number of rotatable bonds is 4. The topological polar surface area (TPSA) is 60.9 Å². The Kier molecular flexibility index (Phi) is 4.74. The van der Waals surface area contributed by atoms with E-state index in [9.17, 15) is 9.59 Å². The molecule has 2 rings (SSSR count). The largest absolute Gasteiger partial charge is 0.480 e. The van der Waals surface area contributed by atoms with Crippen LogP contribution in [0, 0.1) is 6.92 Å². The van der Waals surface area contributed by atoms with Crippen LogP contribution in [0.3, 0.4) is 0 Å². The zero-order valence-corrected chi connectivity index (χ0v) is 11.7. The first-order valence-corrected chi connectivity index (χ1v) is 6.82. The predicted octanol–water partition coefficient (Wildman–Crippen LogP) is 0.766. The highest BCUT2D eigenvalue weighted by atomic mass is 16.4. The van der Waals surface area contributed by atoms with Crippen molar-refractivity contribution in [1.82, 2.24) is 9.80 Å². The number of carboxylic acid groups (broad SMARTS) is 1. The Morgan fingerprint density at radius 3 is 2.25 bits per heavy atom. The second-order valence-electron chi connectivity index (χ2n) is 5.21. The lowest BCUT2D eigenvalue weighted by atomic mass is 10.1. The van der Waals surface area contributed by atoms with Crippen LogP contribution < -0.4 is 0 Å². The van der Waals surface area contributed by atoms with Gasteiger partial charge in [-0.2, -0.15) is 0 Å². The summed E-state index contributed by atoms with van der Waals surface area (Å²) in [5.74, 6) is -0.701. The van der Waals surface area contributed by atoms with E-state index >= 15 is 0 Å². The van der Waals surface area contributed by atoms with Crippen molar-refractivity contribution in [2.45, 2.75) is 13.3 Å². The molecule has 20 heavy (non-hydrogen) atoms. The van der Waals surface area contributed by atoms with Crippen molar-refractivity contribution in [2.75, 3.05) is 32.7 Å². The number of hydrogen-bond acceptors (Lipinski definition) is 3. The molecule has 0 bridgehead atoms. The van der Waals surface area contributed by atoms with Crippen LogP contribution in [0.4, 0.5) is 0 Å². The van der Waals surface area contributed by atoms with Crippen LogP contribution in [-0.4, -0.2) is 59.5 Å². The van der Waals surface area contributed by atoms with Crippen LogP contribution in [0.2, 0.25) is 0 Å². The van der Waals surface area contributed by atoms with Gasteiger partial charge in [0.1, 0.15) is 0 Å². The molecule has 1 aromatic rings. The van der Waals surface area contributed by atoms with Gasteiger partial charge in [-0.1, -0.05) is 29.8 Å². The predicted molar refractivity (Wildman–Crippen MR) is 75.5 cm³/mol. The van der Waals surface area contributed by atoms with Gasteiger partial charge in [0.15, 0.2) is 0 Å². The summed E-state index contributed by atoms with van der Waals surface area (Å²) in [6.45, 7) is 4.56. The fourth-order valence-electron chi connectivity index (χ4n) is 2.34. The average molecular weight is 276 g/mol. The first kappa shape index (κ1) is 14.5. The molecule has 1 aliphatic heterocycles. The van der Waals surface area contributed by atoms with Crippen molar-refractivity contribution >= 4 is 11.9 Å². The molecule has 1 fully saturated rings. The lowest BCUT2D eigenvalue weighted by Crippen LogP contribution is -2.50. The van der Waals surface area contributed by atoms with Gasteiger partial charge >= 0.3 is 5.97 Å². The first-order valence-electron chi connectivity index (χ1n) is 6.82. The van der Waals surface area contributed by atoms with Crippen LogP contribution in [-0.2, 0) is 16.0 Å². The van der Waals surface area contributed by atoms with Gasteiger partial charge in [-0.15, -0.1) is 0 Å². The maximum absolute atomic E-state index is 12.2. The molecule has 0 saturated carbocycles. The first-order chi connectivity index (χ1) is 9.54. The molecule has 1 N–H and O–H groups in total. The molecule has 0 aliphatic carbocycles. The number of carboxylic acids is 1. The molecule has 5 heteroatoms. The summed E-state index contributed by atoms with van der Waals surface area (Å²) in [6, 6.07) is 7.97.